The number of anilines is 1. The van der Waals surface area contributed by atoms with Crippen LogP contribution in [0.1, 0.15) is 11.3 Å². The highest BCUT2D eigenvalue weighted by atomic mass is 15.3. The number of benzene rings is 1. The molecule has 1 aromatic carbocycles. The zero-order valence-corrected chi connectivity index (χ0v) is 10.8. The van der Waals surface area contributed by atoms with Crippen LogP contribution in [0.4, 0.5) is 5.69 Å². The Balaban J connectivity index is 1.59. The first-order valence-corrected chi connectivity index (χ1v) is 6.30. The van der Waals surface area contributed by atoms with Crippen molar-refractivity contribution < 1.29 is 0 Å². The van der Waals surface area contributed by atoms with Gasteiger partial charge in [-0.15, -0.1) is 0 Å². The van der Waals surface area contributed by atoms with Gasteiger partial charge >= 0.3 is 0 Å². The molecule has 2 heterocycles. The fraction of sp³-hybridized carbons (Fsp3) is 0.143. The third-order valence-corrected chi connectivity index (χ3v) is 2.88. The molecule has 0 aliphatic carbocycles. The SMILES string of the molecule is c1cc(CNc2ccc(Cn3cncn3)cc2)ncn1. The Bertz CT molecular complexity index is 633. The van der Waals surface area contributed by atoms with Crippen LogP contribution in [0.3, 0.4) is 0 Å². The highest BCUT2D eigenvalue weighted by molar-refractivity contribution is 5.44. The number of aromatic nitrogens is 5. The van der Waals surface area contributed by atoms with Gasteiger partial charge in [-0.25, -0.2) is 19.6 Å². The molecule has 1 N–H and O–H groups in total. The van der Waals surface area contributed by atoms with Gasteiger partial charge in [-0.1, -0.05) is 12.1 Å². The molecule has 3 aromatic rings. The topological polar surface area (TPSA) is 68.5 Å². The quantitative estimate of drug-likeness (QED) is 0.761. The molecule has 0 aliphatic rings. The molecule has 0 saturated carbocycles. The zero-order valence-electron chi connectivity index (χ0n) is 10.8. The number of hydrogen-bond donors (Lipinski definition) is 1. The van der Waals surface area contributed by atoms with Gasteiger partial charge in [0.1, 0.15) is 19.0 Å². The molecule has 6 nitrogen and oxygen atoms in total. The molecule has 100 valence electrons. The van der Waals surface area contributed by atoms with Crippen molar-refractivity contribution >= 4 is 5.69 Å². The molecular weight excluding hydrogens is 252 g/mol. The molecule has 0 radical (unpaired) electrons. The van der Waals surface area contributed by atoms with Crippen LogP contribution < -0.4 is 5.32 Å². The van der Waals surface area contributed by atoms with E-state index in [4.69, 9.17) is 0 Å². The average Bonchev–Trinajstić information content (AvgIpc) is 3.01. The second-order valence-electron chi connectivity index (χ2n) is 4.34. The summed E-state index contributed by atoms with van der Waals surface area (Å²) in [6.07, 6.45) is 6.54. The maximum Gasteiger partial charge on any atom is 0.137 e. The number of nitrogens with one attached hydrogen (secondary N) is 1. The summed E-state index contributed by atoms with van der Waals surface area (Å²) in [7, 11) is 0. The van der Waals surface area contributed by atoms with Crippen LogP contribution in [0, 0.1) is 0 Å². The minimum atomic E-state index is 0.685. The van der Waals surface area contributed by atoms with E-state index in [0.29, 0.717) is 6.54 Å². The minimum Gasteiger partial charge on any atom is -0.379 e. The van der Waals surface area contributed by atoms with Gasteiger partial charge in [0.05, 0.1) is 18.8 Å². The summed E-state index contributed by atoms with van der Waals surface area (Å²) in [5.74, 6) is 0. The van der Waals surface area contributed by atoms with Crippen LogP contribution in [0.15, 0.2) is 55.5 Å². The predicted molar refractivity (Wildman–Crippen MR) is 74.9 cm³/mol. The Morgan fingerprint density at radius 1 is 1.00 bits per heavy atom. The number of rotatable bonds is 5. The first-order chi connectivity index (χ1) is 9.90. The van der Waals surface area contributed by atoms with Gasteiger partial charge in [-0.2, -0.15) is 5.10 Å². The molecule has 0 amide bonds. The summed E-state index contributed by atoms with van der Waals surface area (Å²) in [5.41, 5.74) is 3.21. The van der Waals surface area contributed by atoms with Crippen molar-refractivity contribution in [2.75, 3.05) is 5.32 Å². The normalized spacial score (nSPS) is 10.4. The molecule has 0 atom stereocenters. The van der Waals surface area contributed by atoms with E-state index in [-0.39, 0.29) is 0 Å². The Hall–Kier alpha value is -2.76. The first-order valence-electron chi connectivity index (χ1n) is 6.30. The third-order valence-electron chi connectivity index (χ3n) is 2.88. The van der Waals surface area contributed by atoms with Gasteiger partial charge in [0.2, 0.25) is 0 Å². The summed E-state index contributed by atoms with van der Waals surface area (Å²) in [6, 6.07) is 10.1. The lowest BCUT2D eigenvalue weighted by atomic mass is 10.2. The summed E-state index contributed by atoms with van der Waals surface area (Å²) in [6.45, 7) is 1.41. The zero-order chi connectivity index (χ0) is 13.6. The Kier molecular flexibility index (Phi) is 3.64. The lowest BCUT2D eigenvalue weighted by molar-refractivity contribution is 0.685. The van der Waals surface area contributed by atoms with E-state index in [2.05, 4.69) is 37.5 Å². The number of nitrogens with zero attached hydrogens (tertiary/aromatic N) is 5. The van der Waals surface area contributed by atoms with Crippen molar-refractivity contribution in [3.05, 3.63) is 66.8 Å². The molecular formula is C14H14N6. The molecule has 0 bridgehead atoms. The van der Waals surface area contributed by atoms with Crippen molar-refractivity contribution in [1.29, 1.82) is 0 Å². The molecule has 20 heavy (non-hydrogen) atoms. The monoisotopic (exact) mass is 266 g/mol. The van der Waals surface area contributed by atoms with E-state index >= 15 is 0 Å². The Labute approximate surface area is 116 Å². The van der Waals surface area contributed by atoms with Crippen LogP contribution in [0.5, 0.6) is 0 Å². The smallest absolute Gasteiger partial charge is 0.137 e. The lowest BCUT2D eigenvalue weighted by Gasteiger charge is -2.07. The second-order valence-corrected chi connectivity index (χ2v) is 4.34. The maximum atomic E-state index is 4.17. The highest BCUT2D eigenvalue weighted by Crippen LogP contribution is 2.11. The maximum absolute atomic E-state index is 4.17. The van der Waals surface area contributed by atoms with Gasteiger partial charge in [0, 0.05) is 11.9 Å². The molecule has 0 fully saturated rings. The fourth-order valence-corrected chi connectivity index (χ4v) is 1.84. The third kappa shape index (κ3) is 3.17. The fourth-order valence-electron chi connectivity index (χ4n) is 1.84. The van der Waals surface area contributed by atoms with Gasteiger partial charge in [0.15, 0.2) is 0 Å². The Morgan fingerprint density at radius 2 is 1.90 bits per heavy atom. The molecule has 2 aromatic heterocycles. The van der Waals surface area contributed by atoms with E-state index < -0.39 is 0 Å². The molecule has 6 heteroatoms. The molecule has 3 rings (SSSR count). The van der Waals surface area contributed by atoms with Crippen molar-refractivity contribution in [1.82, 2.24) is 24.7 Å². The highest BCUT2D eigenvalue weighted by Gasteiger charge is 1.98. The summed E-state index contributed by atoms with van der Waals surface area (Å²) in [5, 5.41) is 7.41. The average molecular weight is 266 g/mol. The second kappa shape index (κ2) is 5.92. The van der Waals surface area contributed by atoms with Gasteiger partial charge in [0.25, 0.3) is 0 Å². The van der Waals surface area contributed by atoms with E-state index in [0.717, 1.165) is 17.9 Å². The Morgan fingerprint density at radius 3 is 2.60 bits per heavy atom. The van der Waals surface area contributed by atoms with Crippen LogP contribution in [0.2, 0.25) is 0 Å². The van der Waals surface area contributed by atoms with Crippen LogP contribution in [0.25, 0.3) is 0 Å². The lowest BCUT2D eigenvalue weighted by Crippen LogP contribution is -2.03. The van der Waals surface area contributed by atoms with Crippen molar-refractivity contribution in [3.8, 4) is 0 Å². The van der Waals surface area contributed by atoms with E-state index in [9.17, 15) is 0 Å². The molecule has 0 unspecified atom stereocenters. The van der Waals surface area contributed by atoms with E-state index in [1.807, 2.05) is 18.2 Å². The van der Waals surface area contributed by atoms with E-state index in [1.54, 1.807) is 23.5 Å². The summed E-state index contributed by atoms with van der Waals surface area (Å²) >= 11 is 0. The van der Waals surface area contributed by atoms with Gasteiger partial charge in [-0.05, 0) is 23.8 Å². The standard InChI is InChI=1S/C14H14N6/c1-3-13(17-7-14-5-6-15-9-18-14)4-2-12(1)8-20-11-16-10-19-20/h1-6,9-11,17H,7-8H2. The minimum absolute atomic E-state index is 0.685. The van der Waals surface area contributed by atoms with Crippen LogP contribution in [-0.2, 0) is 13.1 Å². The van der Waals surface area contributed by atoms with Crippen molar-refractivity contribution in [2.24, 2.45) is 0 Å². The summed E-state index contributed by atoms with van der Waals surface area (Å²) in [4.78, 5) is 12.0. The molecule has 0 spiro atoms. The van der Waals surface area contributed by atoms with Crippen molar-refractivity contribution in [3.63, 3.8) is 0 Å². The largest absolute Gasteiger partial charge is 0.379 e. The predicted octanol–water partition coefficient (Wildman–Crippen LogP) is 1.73. The van der Waals surface area contributed by atoms with Gasteiger partial charge < -0.3 is 5.32 Å². The van der Waals surface area contributed by atoms with Crippen LogP contribution >= 0.6 is 0 Å². The van der Waals surface area contributed by atoms with E-state index in [1.165, 1.54) is 11.9 Å². The van der Waals surface area contributed by atoms with Crippen molar-refractivity contribution in [2.45, 2.75) is 13.1 Å². The molecule has 0 aliphatic heterocycles. The molecule has 0 saturated heterocycles. The summed E-state index contributed by atoms with van der Waals surface area (Å²) < 4.78 is 1.79. The first kappa shape index (κ1) is 12.3. The van der Waals surface area contributed by atoms with Crippen LogP contribution in [-0.4, -0.2) is 24.7 Å². The van der Waals surface area contributed by atoms with Gasteiger partial charge in [-0.3, -0.25) is 0 Å². The number of hydrogen-bond acceptors (Lipinski definition) is 5.